The van der Waals surface area contributed by atoms with E-state index in [1.165, 1.54) is 366 Å². The van der Waals surface area contributed by atoms with Gasteiger partial charge >= 0.3 is 5.97 Å². The highest BCUT2D eigenvalue weighted by atomic mass is 16.5. The van der Waals surface area contributed by atoms with E-state index in [2.05, 4.69) is 31.3 Å². The average Bonchev–Trinajstić information content (AvgIpc) is 3.52. The lowest BCUT2D eigenvalue weighted by atomic mass is 10.0. The Balaban J connectivity index is 3.35. The molecule has 6 heteroatoms. The molecule has 0 saturated heterocycles. The van der Waals surface area contributed by atoms with E-state index < -0.39 is 12.1 Å². The second-order valence-corrected chi connectivity index (χ2v) is 26.7. The molecule has 0 aromatic carbocycles. The monoisotopic (exact) mass is 1180 g/mol. The van der Waals surface area contributed by atoms with Gasteiger partial charge in [0.2, 0.25) is 5.91 Å². The highest BCUT2D eigenvalue weighted by Gasteiger charge is 2.18. The normalized spacial score (nSPS) is 12.6. The molecule has 3 N–H and O–H groups in total. The lowest BCUT2D eigenvalue weighted by molar-refractivity contribution is -0.143. The number of hydrogen-bond acceptors (Lipinski definition) is 5. The quantitative estimate of drug-likeness (QED) is 0.0320. The lowest BCUT2D eigenvalue weighted by Crippen LogP contribution is -2.45. The third kappa shape index (κ3) is 69.4. The van der Waals surface area contributed by atoms with Gasteiger partial charge in [-0.1, -0.05) is 391 Å². The Kier molecular flexibility index (Phi) is 72.3. The summed E-state index contributed by atoms with van der Waals surface area (Å²) in [5.41, 5.74) is 0. The van der Waals surface area contributed by atoms with Crippen molar-refractivity contribution in [1.29, 1.82) is 0 Å². The molecule has 0 spiro atoms. The zero-order valence-corrected chi connectivity index (χ0v) is 57.2. The Hall–Kier alpha value is -1.66. The summed E-state index contributed by atoms with van der Waals surface area (Å²) < 4.78 is 5.48. The van der Waals surface area contributed by atoms with Crippen molar-refractivity contribution in [2.45, 2.75) is 450 Å². The van der Waals surface area contributed by atoms with Gasteiger partial charge in [-0.2, -0.15) is 0 Å². The number of carbonyl (C=O) groups excluding carboxylic acids is 2. The van der Waals surface area contributed by atoms with Gasteiger partial charge in [0, 0.05) is 12.8 Å². The molecular weight excluding hydrogens is 1030 g/mol. The van der Waals surface area contributed by atoms with E-state index in [0.717, 1.165) is 44.9 Å². The van der Waals surface area contributed by atoms with Crippen molar-refractivity contribution in [3.8, 4) is 0 Å². The van der Waals surface area contributed by atoms with Gasteiger partial charge in [0.25, 0.3) is 0 Å². The van der Waals surface area contributed by atoms with Crippen LogP contribution in [0.2, 0.25) is 0 Å². The van der Waals surface area contributed by atoms with Gasteiger partial charge in [-0.3, -0.25) is 9.59 Å². The minimum Gasteiger partial charge on any atom is -0.466 e. The predicted octanol–water partition coefficient (Wildman–Crippen LogP) is 25.3. The molecule has 84 heavy (non-hydrogen) atoms. The minimum absolute atomic E-state index is 0.0116. The molecule has 1 amide bonds. The third-order valence-electron chi connectivity index (χ3n) is 18.2. The number of unbranched alkanes of at least 4 members (excludes halogenated alkanes) is 60. The molecule has 6 nitrogen and oxygen atoms in total. The van der Waals surface area contributed by atoms with Gasteiger partial charge in [0.05, 0.1) is 25.4 Å². The number of amides is 1. The summed E-state index contributed by atoms with van der Waals surface area (Å²) in [5.74, 6) is -0.0468. The van der Waals surface area contributed by atoms with E-state index in [9.17, 15) is 19.8 Å². The third-order valence-corrected chi connectivity index (χ3v) is 18.2. The number of ether oxygens (including phenoxy) is 1. The van der Waals surface area contributed by atoms with E-state index >= 15 is 0 Å². The number of esters is 1. The first-order valence-corrected chi connectivity index (χ1v) is 38.6. The zero-order valence-electron chi connectivity index (χ0n) is 57.2. The molecular formula is C78H151NO5. The number of hydrogen-bond donors (Lipinski definition) is 3. The Morgan fingerprint density at radius 3 is 0.869 bits per heavy atom. The molecule has 0 aromatic rings. The predicted molar refractivity (Wildman–Crippen MR) is 370 cm³/mol. The molecule has 0 heterocycles. The second-order valence-electron chi connectivity index (χ2n) is 26.7. The topological polar surface area (TPSA) is 95.9 Å². The summed E-state index contributed by atoms with van der Waals surface area (Å²) in [6, 6.07) is -0.625. The molecule has 0 radical (unpaired) electrons. The fourth-order valence-electron chi connectivity index (χ4n) is 12.3. The van der Waals surface area contributed by atoms with E-state index in [4.69, 9.17) is 4.74 Å². The maximum atomic E-state index is 12.5. The number of aliphatic hydroxyl groups excluding tert-OH is 2. The van der Waals surface area contributed by atoms with Crippen molar-refractivity contribution in [2.75, 3.05) is 13.2 Å². The Morgan fingerprint density at radius 1 is 0.321 bits per heavy atom. The number of rotatable bonds is 73. The smallest absolute Gasteiger partial charge is 0.305 e. The van der Waals surface area contributed by atoms with Gasteiger partial charge in [0.15, 0.2) is 0 Å². The van der Waals surface area contributed by atoms with Crippen molar-refractivity contribution in [3.05, 3.63) is 24.3 Å². The molecule has 0 aliphatic carbocycles. The van der Waals surface area contributed by atoms with Crippen LogP contribution in [0.5, 0.6) is 0 Å². The minimum atomic E-state index is -0.842. The first-order valence-electron chi connectivity index (χ1n) is 38.6. The van der Waals surface area contributed by atoms with Gasteiger partial charge < -0.3 is 20.3 Å². The molecule has 0 aliphatic heterocycles. The van der Waals surface area contributed by atoms with Gasteiger partial charge in [-0.05, 0) is 57.8 Å². The van der Waals surface area contributed by atoms with Gasteiger partial charge in [-0.25, -0.2) is 0 Å². The molecule has 498 valence electrons. The van der Waals surface area contributed by atoms with Crippen LogP contribution in [-0.2, 0) is 14.3 Å². The van der Waals surface area contributed by atoms with Crippen LogP contribution >= 0.6 is 0 Å². The van der Waals surface area contributed by atoms with Crippen LogP contribution in [0.15, 0.2) is 24.3 Å². The first kappa shape index (κ1) is 82.3. The fourth-order valence-corrected chi connectivity index (χ4v) is 12.3. The second kappa shape index (κ2) is 73.8. The van der Waals surface area contributed by atoms with Crippen LogP contribution in [0.3, 0.4) is 0 Å². The molecule has 0 rings (SSSR count). The summed E-state index contributed by atoms with van der Waals surface area (Å²) >= 11 is 0. The summed E-state index contributed by atoms with van der Waals surface area (Å²) in [5, 5.41) is 23.3. The first-order chi connectivity index (χ1) is 41.5. The van der Waals surface area contributed by atoms with Crippen molar-refractivity contribution in [3.63, 3.8) is 0 Å². The molecule has 0 aliphatic rings. The van der Waals surface area contributed by atoms with E-state index in [0.29, 0.717) is 19.4 Å². The maximum absolute atomic E-state index is 12.5. The SMILES string of the molecule is CCCCC/C=C\CCCCCCCC(=O)OCCCCCCCCCCCCCCCCCCCCCCCCCCCCCCCCCCC(=O)NC(CO)C(O)/C=C/CCCCCCCCCCCCCCCCCCCCCCC. The standard InChI is InChI=1S/C78H151NO5/c1-3-5-7-9-11-13-15-17-18-19-20-21-32-35-38-41-44-47-50-54-58-62-66-70-76(81)75(74-80)79-77(82)71-67-63-59-55-51-48-45-42-39-36-33-30-28-26-24-22-23-25-27-29-31-34-37-40-43-46-49-53-57-61-65-69-73-84-78(83)72-68-64-60-56-52-16-14-12-10-8-6-4-2/h12,14,66,70,75-76,80-81H,3-11,13,15-65,67-69,71-74H2,1-2H3,(H,79,82)/b14-12-,70-66+. The molecule has 0 aromatic heterocycles. The van der Waals surface area contributed by atoms with Crippen molar-refractivity contribution >= 4 is 11.9 Å². The fraction of sp³-hybridized carbons (Fsp3) is 0.923. The highest BCUT2D eigenvalue weighted by molar-refractivity contribution is 5.76. The number of aliphatic hydroxyl groups is 2. The molecule has 2 unspecified atom stereocenters. The molecule has 0 saturated carbocycles. The highest BCUT2D eigenvalue weighted by Crippen LogP contribution is 2.20. The van der Waals surface area contributed by atoms with Crippen molar-refractivity contribution in [1.82, 2.24) is 5.32 Å². The summed E-state index contributed by atoms with van der Waals surface area (Å²) in [4.78, 5) is 24.6. The van der Waals surface area contributed by atoms with E-state index in [1.807, 2.05) is 6.08 Å². The van der Waals surface area contributed by atoms with Crippen LogP contribution in [-0.4, -0.2) is 47.4 Å². The van der Waals surface area contributed by atoms with Crippen LogP contribution in [0.1, 0.15) is 438 Å². The Bertz CT molecular complexity index is 1320. The van der Waals surface area contributed by atoms with Crippen LogP contribution in [0, 0.1) is 0 Å². The summed E-state index contributed by atoms with van der Waals surface area (Å²) in [6.45, 7) is 4.93. The molecule has 0 fully saturated rings. The Labute approximate surface area is 526 Å². The number of nitrogens with one attached hydrogen (secondary N) is 1. The number of carbonyl (C=O) groups is 2. The zero-order chi connectivity index (χ0) is 60.6. The molecule has 2 atom stereocenters. The average molecular weight is 1180 g/mol. The Morgan fingerprint density at radius 2 is 0.560 bits per heavy atom. The van der Waals surface area contributed by atoms with Crippen molar-refractivity contribution in [2.24, 2.45) is 0 Å². The largest absolute Gasteiger partial charge is 0.466 e. The summed E-state index contributed by atoms with van der Waals surface area (Å²) in [7, 11) is 0. The number of allylic oxidation sites excluding steroid dienone is 3. The van der Waals surface area contributed by atoms with Crippen molar-refractivity contribution < 1.29 is 24.5 Å². The van der Waals surface area contributed by atoms with Gasteiger partial charge in [-0.15, -0.1) is 0 Å². The van der Waals surface area contributed by atoms with Crippen LogP contribution < -0.4 is 5.32 Å². The molecule has 0 bridgehead atoms. The van der Waals surface area contributed by atoms with Gasteiger partial charge in [0.1, 0.15) is 0 Å². The van der Waals surface area contributed by atoms with E-state index in [1.54, 1.807) is 6.08 Å². The van der Waals surface area contributed by atoms with Crippen LogP contribution in [0.4, 0.5) is 0 Å². The lowest BCUT2D eigenvalue weighted by Gasteiger charge is -2.20. The van der Waals surface area contributed by atoms with E-state index in [-0.39, 0.29) is 18.5 Å². The maximum Gasteiger partial charge on any atom is 0.305 e. The summed E-state index contributed by atoms with van der Waals surface area (Å²) in [6.07, 6.45) is 94.4. The van der Waals surface area contributed by atoms with Crippen LogP contribution in [0.25, 0.3) is 0 Å².